The Kier molecular flexibility index (Phi) is 6.77. The van der Waals surface area contributed by atoms with E-state index in [4.69, 9.17) is 9.47 Å². The lowest BCUT2D eigenvalue weighted by atomic mass is 10.1. The molecule has 0 bridgehead atoms. The monoisotopic (exact) mass is 408 g/mol. The molecule has 30 heavy (non-hydrogen) atoms. The van der Waals surface area contributed by atoms with Crippen LogP contribution in [0.5, 0.6) is 11.5 Å². The molecule has 0 saturated heterocycles. The highest BCUT2D eigenvalue weighted by atomic mass is 16.5. The summed E-state index contributed by atoms with van der Waals surface area (Å²) in [5.74, 6) is 0.918. The molecule has 0 aliphatic rings. The van der Waals surface area contributed by atoms with Crippen molar-refractivity contribution in [3.8, 4) is 11.5 Å². The summed E-state index contributed by atoms with van der Waals surface area (Å²) in [6.07, 6.45) is 1.80. The van der Waals surface area contributed by atoms with Crippen LogP contribution < -0.4 is 15.0 Å². The van der Waals surface area contributed by atoms with Crippen LogP contribution in [-0.2, 0) is 6.54 Å². The molecule has 158 valence electrons. The zero-order valence-corrected chi connectivity index (χ0v) is 18.0. The number of rotatable bonds is 8. The molecule has 0 unspecified atom stereocenters. The van der Waals surface area contributed by atoms with Crippen molar-refractivity contribution in [2.45, 2.75) is 33.2 Å². The number of carbonyl (C=O) groups excluding carboxylic acids is 1. The Balaban J connectivity index is 1.94. The van der Waals surface area contributed by atoms with E-state index >= 15 is 0 Å². The highest BCUT2D eigenvalue weighted by Crippen LogP contribution is 2.28. The van der Waals surface area contributed by atoms with Crippen LogP contribution in [0.4, 0.5) is 0 Å². The van der Waals surface area contributed by atoms with E-state index in [0.717, 1.165) is 29.3 Å². The van der Waals surface area contributed by atoms with Crippen LogP contribution in [0, 0.1) is 6.92 Å². The van der Waals surface area contributed by atoms with Gasteiger partial charge in [-0.1, -0.05) is 25.5 Å². The number of H-pyrrole nitrogens is 1. The number of ether oxygens (including phenoxy) is 2. The standard InChI is InChI=1S/C24H28N2O4/c1-5-6-11-26(24(28)18-9-10-21(29-3)22(14-18)30-4)15-19-13-17-8-7-16(2)12-20(17)25-23(19)27/h7-10,12-14H,5-6,11,15H2,1-4H3,(H,25,27). The number of aromatic amines is 1. The first-order valence-corrected chi connectivity index (χ1v) is 10.1. The second-order valence-corrected chi connectivity index (χ2v) is 7.36. The van der Waals surface area contributed by atoms with Crippen LogP contribution in [0.3, 0.4) is 0 Å². The van der Waals surface area contributed by atoms with Gasteiger partial charge in [0.05, 0.1) is 20.8 Å². The molecule has 1 heterocycles. The van der Waals surface area contributed by atoms with Crippen molar-refractivity contribution >= 4 is 16.8 Å². The van der Waals surface area contributed by atoms with E-state index < -0.39 is 0 Å². The van der Waals surface area contributed by atoms with Crippen molar-refractivity contribution < 1.29 is 14.3 Å². The molecular weight excluding hydrogens is 380 g/mol. The van der Waals surface area contributed by atoms with E-state index in [2.05, 4.69) is 11.9 Å². The van der Waals surface area contributed by atoms with E-state index in [1.165, 1.54) is 7.11 Å². The molecule has 2 aromatic carbocycles. The number of pyridine rings is 1. The average Bonchev–Trinajstić information content (AvgIpc) is 2.75. The number of aromatic nitrogens is 1. The molecule has 0 saturated carbocycles. The molecule has 0 radical (unpaired) electrons. The van der Waals surface area contributed by atoms with Crippen LogP contribution in [0.25, 0.3) is 10.9 Å². The summed E-state index contributed by atoms with van der Waals surface area (Å²) >= 11 is 0. The Bertz CT molecular complexity index is 1100. The van der Waals surface area contributed by atoms with Crippen LogP contribution in [0.2, 0.25) is 0 Å². The molecule has 1 aromatic heterocycles. The number of amides is 1. The van der Waals surface area contributed by atoms with Crippen LogP contribution >= 0.6 is 0 Å². The van der Waals surface area contributed by atoms with Gasteiger partial charge in [0, 0.05) is 23.2 Å². The van der Waals surface area contributed by atoms with E-state index in [9.17, 15) is 9.59 Å². The minimum atomic E-state index is -0.172. The summed E-state index contributed by atoms with van der Waals surface area (Å²) in [6.45, 7) is 4.87. The lowest BCUT2D eigenvalue weighted by molar-refractivity contribution is 0.0740. The first-order valence-electron chi connectivity index (χ1n) is 10.1. The van der Waals surface area contributed by atoms with Gasteiger partial charge < -0.3 is 19.4 Å². The molecule has 1 N–H and O–H groups in total. The maximum absolute atomic E-state index is 13.3. The smallest absolute Gasteiger partial charge is 0.254 e. The molecule has 3 rings (SSSR count). The zero-order chi connectivity index (χ0) is 21.7. The largest absolute Gasteiger partial charge is 0.493 e. The molecule has 0 atom stereocenters. The van der Waals surface area contributed by atoms with Gasteiger partial charge in [-0.2, -0.15) is 0 Å². The summed E-state index contributed by atoms with van der Waals surface area (Å²) in [6, 6.07) is 12.9. The molecule has 6 heteroatoms. The summed E-state index contributed by atoms with van der Waals surface area (Å²) in [5.41, 5.74) is 2.77. The van der Waals surface area contributed by atoms with Crippen molar-refractivity contribution in [2.75, 3.05) is 20.8 Å². The third-order valence-electron chi connectivity index (χ3n) is 5.14. The predicted octanol–water partition coefficient (Wildman–Crippen LogP) is 4.30. The zero-order valence-electron chi connectivity index (χ0n) is 18.0. The molecule has 1 amide bonds. The van der Waals surface area contributed by atoms with Gasteiger partial charge in [0.15, 0.2) is 11.5 Å². The lowest BCUT2D eigenvalue weighted by Gasteiger charge is -2.23. The van der Waals surface area contributed by atoms with Crippen LogP contribution in [-0.4, -0.2) is 36.6 Å². The Morgan fingerprint density at radius 1 is 1.03 bits per heavy atom. The van der Waals surface area contributed by atoms with E-state index in [1.54, 1.807) is 30.2 Å². The number of methoxy groups -OCH3 is 2. The molecule has 0 spiro atoms. The topological polar surface area (TPSA) is 71.6 Å². The first kappa shape index (κ1) is 21.4. The summed E-state index contributed by atoms with van der Waals surface area (Å²) < 4.78 is 10.6. The number of carbonyl (C=O) groups is 1. The number of nitrogens with one attached hydrogen (secondary N) is 1. The van der Waals surface area contributed by atoms with Crippen LogP contribution in [0.15, 0.2) is 47.3 Å². The number of nitrogens with zero attached hydrogens (tertiary/aromatic N) is 1. The van der Waals surface area contributed by atoms with Crippen LogP contribution in [0.1, 0.15) is 41.3 Å². The van der Waals surface area contributed by atoms with Crippen molar-refractivity contribution in [3.05, 3.63) is 69.5 Å². The fraction of sp³-hybridized carbons (Fsp3) is 0.333. The van der Waals surface area contributed by atoms with E-state index in [1.807, 2.05) is 31.2 Å². The average molecular weight is 408 g/mol. The Labute approximate surface area is 176 Å². The third-order valence-corrected chi connectivity index (χ3v) is 5.14. The lowest BCUT2D eigenvalue weighted by Crippen LogP contribution is -2.33. The number of hydrogen-bond acceptors (Lipinski definition) is 4. The van der Waals surface area contributed by atoms with E-state index in [-0.39, 0.29) is 18.0 Å². The van der Waals surface area contributed by atoms with Gasteiger partial charge in [0.25, 0.3) is 11.5 Å². The molecule has 3 aromatic rings. The van der Waals surface area contributed by atoms with Gasteiger partial charge in [-0.3, -0.25) is 9.59 Å². The van der Waals surface area contributed by atoms with E-state index in [0.29, 0.717) is 29.2 Å². The van der Waals surface area contributed by atoms with Gasteiger partial charge in [0.2, 0.25) is 0 Å². The number of hydrogen-bond donors (Lipinski definition) is 1. The maximum Gasteiger partial charge on any atom is 0.254 e. The van der Waals surface area contributed by atoms with Gasteiger partial charge in [-0.25, -0.2) is 0 Å². The minimum Gasteiger partial charge on any atom is -0.493 e. The quantitative estimate of drug-likeness (QED) is 0.603. The van der Waals surface area contributed by atoms with Gasteiger partial charge in [-0.05, 0) is 54.6 Å². The Morgan fingerprint density at radius 2 is 1.80 bits per heavy atom. The molecular formula is C24H28N2O4. The van der Waals surface area contributed by atoms with Gasteiger partial charge >= 0.3 is 0 Å². The normalized spacial score (nSPS) is 10.8. The molecule has 0 aliphatic carbocycles. The number of fused-ring (bicyclic) bond motifs is 1. The first-order chi connectivity index (χ1) is 14.5. The molecule has 6 nitrogen and oxygen atoms in total. The van der Waals surface area contributed by atoms with Crippen molar-refractivity contribution in [2.24, 2.45) is 0 Å². The Morgan fingerprint density at radius 3 is 2.50 bits per heavy atom. The van der Waals surface area contributed by atoms with Crippen molar-refractivity contribution in [1.29, 1.82) is 0 Å². The predicted molar refractivity (Wildman–Crippen MR) is 119 cm³/mol. The number of unbranched alkanes of at least 4 members (excludes halogenated alkanes) is 1. The highest BCUT2D eigenvalue weighted by molar-refractivity contribution is 5.95. The second-order valence-electron chi connectivity index (χ2n) is 7.36. The SMILES string of the molecule is CCCCN(Cc1cc2ccc(C)cc2[nH]c1=O)C(=O)c1ccc(OC)c(OC)c1. The second kappa shape index (κ2) is 9.48. The Hall–Kier alpha value is -3.28. The van der Waals surface area contributed by atoms with Crippen molar-refractivity contribution in [1.82, 2.24) is 9.88 Å². The van der Waals surface area contributed by atoms with Gasteiger partial charge in [0.1, 0.15) is 0 Å². The fourth-order valence-corrected chi connectivity index (χ4v) is 3.44. The molecule has 0 aliphatic heterocycles. The summed E-state index contributed by atoms with van der Waals surface area (Å²) in [7, 11) is 3.09. The van der Waals surface area contributed by atoms with Crippen molar-refractivity contribution in [3.63, 3.8) is 0 Å². The summed E-state index contributed by atoms with van der Waals surface area (Å²) in [4.78, 5) is 30.6. The number of aryl methyl sites for hydroxylation is 1. The third kappa shape index (κ3) is 4.64. The molecule has 0 fully saturated rings. The fourth-order valence-electron chi connectivity index (χ4n) is 3.44. The minimum absolute atomic E-state index is 0.146. The maximum atomic E-state index is 13.3. The summed E-state index contributed by atoms with van der Waals surface area (Å²) in [5, 5.41) is 0.948. The van der Waals surface area contributed by atoms with Gasteiger partial charge in [-0.15, -0.1) is 0 Å². The highest BCUT2D eigenvalue weighted by Gasteiger charge is 2.19. The number of benzene rings is 2.